The van der Waals surface area contributed by atoms with Crippen molar-refractivity contribution in [3.05, 3.63) is 33.7 Å². The minimum absolute atomic E-state index is 0.0615. The number of aromatic nitrogens is 2. The van der Waals surface area contributed by atoms with Crippen molar-refractivity contribution in [2.24, 2.45) is 0 Å². The lowest BCUT2D eigenvalue weighted by atomic mass is 9.94. The highest BCUT2D eigenvalue weighted by atomic mass is 19.1. The Labute approximate surface area is 84.6 Å². The number of nitrogens with zero attached hydrogens (tertiary/aromatic N) is 1. The van der Waals surface area contributed by atoms with Crippen LogP contribution in [0.15, 0.2) is 10.9 Å². The van der Waals surface area contributed by atoms with E-state index in [1.54, 1.807) is 0 Å². The van der Waals surface area contributed by atoms with E-state index in [4.69, 9.17) is 7.85 Å². The van der Waals surface area contributed by atoms with E-state index in [2.05, 4.69) is 9.97 Å². The van der Waals surface area contributed by atoms with Crippen molar-refractivity contribution in [1.29, 1.82) is 0 Å². The van der Waals surface area contributed by atoms with E-state index in [1.165, 1.54) is 6.92 Å². The summed E-state index contributed by atoms with van der Waals surface area (Å²) in [5, 5.41) is 0. The fraction of sp³-hybridized carbons (Fsp3) is 0.111. The molecule has 2 aromatic rings. The maximum atomic E-state index is 13.4. The van der Waals surface area contributed by atoms with Crippen molar-refractivity contribution in [2.75, 3.05) is 0 Å². The van der Waals surface area contributed by atoms with Gasteiger partial charge in [0.1, 0.15) is 36.2 Å². The normalized spacial score (nSPS) is 10.9. The molecule has 0 aliphatic carbocycles. The fourth-order valence-corrected chi connectivity index (χ4v) is 1.28. The molecule has 2 radical (unpaired) electrons. The van der Waals surface area contributed by atoms with Crippen molar-refractivity contribution < 1.29 is 8.78 Å². The Kier molecular flexibility index (Phi) is 2.06. The third-order valence-corrected chi connectivity index (χ3v) is 2.07. The number of fused-ring (bicyclic) bond motifs is 1. The van der Waals surface area contributed by atoms with Gasteiger partial charge in [-0.3, -0.25) is 4.79 Å². The molecule has 0 saturated heterocycles. The second kappa shape index (κ2) is 3.15. The summed E-state index contributed by atoms with van der Waals surface area (Å²) in [7, 11) is 5.23. The number of nitrogens with one attached hydrogen (secondary N) is 1. The van der Waals surface area contributed by atoms with E-state index >= 15 is 0 Å². The summed E-state index contributed by atoms with van der Waals surface area (Å²) in [6.07, 6.45) is 0. The van der Waals surface area contributed by atoms with Gasteiger partial charge in [-0.25, -0.2) is 13.8 Å². The first kappa shape index (κ1) is 9.83. The van der Waals surface area contributed by atoms with Gasteiger partial charge in [0.15, 0.2) is 0 Å². The van der Waals surface area contributed by atoms with E-state index in [1.807, 2.05) is 0 Å². The number of rotatable bonds is 0. The Bertz CT molecular complexity index is 609. The maximum Gasteiger partial charge on any atom is 0.269 e. The molecule has 3 nitrogen and oxygen atoms in total. The zero-order chi connectivity index (χ0) is 11.2. The first-order chi connectivity index (χ1) is 7.00. The molecule has 0 atom stereocenters. The predicted molar refractivity (Wildman–Crippen MR) is 52.4 cm³/mol. The third kappa shape index (κ3) is 1.42. The summed E-state index contributed by atoms with van der Waals surface area (Å²) in [5.74, 6) is -1.63. The molecule has 0 spiro atoms. The highest BCUT2D eigenvalue weighted by Gasteiger charge is 2.12. The molecule has 0 fully saturated rings. The van der Waals surface area contributed by atoms with Crippen LogP contribution in [0.3, 0.4) is 0 Å². The van der Waals surface area contributed by atoms with Crippen molar-refractivity contribution in [3.63, 3.8) is 0 Å². The Hall–Kier alpha value is -1.72. The number of H-pyrrole nitrogens is 1. The zero-order valence-electron chi connectivity index (χ0n) is 7.77. The van der Waals surface area contributed by atoms with Gasteiger partial charge in [0, 0.05) is 0 Å². The molecule has 1 heterocycles. The van der Waals surface area contributed by atoms with E-state index in [0.717, 1.165) is 6.07 Å². The smallest absolute Gasteiger partial charge is 0.269 e. The Morgan fingerprint density at radius 1 is 1.47 bits per heavy atom. The van der Waals surface area contributed by atoms with Crippen LogP contribution in [0.5, 0.6) is 0 Å². The van der Waals surface area contributed by atoms with Crippen molar-refractivity contribution in [2.45, 2.75) is 6.92 Å². The average molecular weight is 206 g/mol. The molecule has 0 unspecified atom stereocenters. The SMILES string of the molecule is [B]c1cc(F)c2[nH]c(=O)c(C)nc2c1F. The van der Waals surface area contributed by atoms with Crippen molar-refractivity contribution >= 4 is 24.3 Å². The lowest BCUT2D eigenvalue weighted by Gasteiger charge is -2.04. The van der Waals surface area contributed by atoms with Gasteiger partial charge in [0.05, 0.1) is 0 Å². The van der Waals surface area contributed by atoms with Gasteiger partial charge < -0.3 is 4.98 Å². The predicted octanol–water partition coefficient (Wildman–Crippen LogP) is 0.304. The molecule has 0 amide bonds. The Morgan fingerprint density at radius 3 is 2.80 bits per heavy atom. The molecule has 1 aromatic heterocycles. The zero-order valence-corrected chi connectivity index (χ0v) is 7.77. The molecule has 15 heavy (non-hydrogen) atoms. The lowest BCUT2D eigenvalue weighted by molar-refractivity contribution is 0.618. The highest BCUT2D eigenvalue weighted by molar-refractivity contribution is 6.33. The van der Waals surface area contributed by atoms with Gasteiger partial charge in [-0.1, -0.05) is 5.46 Å². The molecule has 0 bridgehead atoms. The van der Waals surface area contributed by atoms with E-state index < -0.39 is 17.2 Å². The van der Waals surface area contributed by atoms with Crippen LogP contribution in [-0.4, -0.2) is 17.8 Å². The minimum atomic E-state index is -0.828. The maximum absolute atomic E-state index is 13.4. The van der Waals surface area contributed by atoms with Crippen molar-refractivity contribution in [1.82, 2.24) is 9.97 Å². The molecule has 74 valence electrons. The number of hydrogen-bond acceptors (Lipinski definition) is 2. The molecule has 2 rings (SSSR count). The van der Waals surface area contributed by atoms with Crippen LogP contribution in [0.2, 0.25) is 0 Å². The lowest BCUT2D eigenvalue weighted by Crippen LogP contribution is -2.17. The first-order valence-electron chi connectivity index (χ1n) is 4.15. The van der Waals surface area contributed by atoms with Gasteiger partial charge in [-0.15, -0.1) is 0 Å². The van der Waals surface area contributed by atoms with Gasteiger partial charge in [0.2, 0.25) is 0 Å². The number of aryl methyl sites for hydroxylation is 1. The fourth-order valence-electron chi connectivity index (χ4n) is 1.28. The molecule has 1 aromatic carbocycles. The molecule has 1 N–H and O–H groups in total. The molecule has 0 aliphatic rings. The molecule has 0 saturated carbocycles. The summed E-state index contributed by atoms with van der Waals surface area (Å²) in [4.78, 5) is 17.0. The van der Waals surface area contributed by atoms with Crippen LogP contribution in [0.1, 0.15) is 5.69 Å². The quantitative estimate of drug-likeness (QED) is 0.630. The number of aromatic amines is 1. The monoisotopic (exact) mass is 206 g/mol. The van der Waals surface area contributed by atoms with Crippen LogP contribution < -0.4 is 11.0 Å². The number of halogens is 2. The summed E-state index contributed by atoms with van der Waals surface area (Å²) in [6, 6.07) is 0.810. The minimum Gasteiger partial charge on any atom is -0.317 e. The van der Waals surface area contributed by atoms with Gasteiger partial charge in [-0.2, -0.15) is 0 Å². The Balaban J connectivity index is 3.04. The van der Waals surface area contributed by atoms with Gasteiger partial charge >= 0.3 is 0 Å². The number of benzene rings is 1. The highest BCUT2D eigenvalue weighted by Crippen LogP contribution is 2.13. The van der Waals surface area contributed by atoms with E-state index in [0.29, 0.717) is 0 Å². The molecule has 0 aliphatic heterocycles. The molecular formula is C9H5BF2N2O. The first-order valence-corrected chi connectivity index (χ1v) is 4.15. The van der Waals surface area contributed by atoms with Gasteiger partial charge in [-0.05, 0) is 13.0 Å². The molecular weight excluding hydrogens is 201 g/mol. The third-order valence-electron chi connectivity index (χ3n) is 2.07. The van der Waals surface area contributed by atoms with Crippen molar-refractivity contribution in [3.8, 4) is 0 Å². The Morgan fingerprint density at radius 2 is 2.13 bits per heavy atom. The largest absolute Gasteiger partial charge is 0.317 e. The second-order valence-electron chi connectivity index (χ2n) is 3.14. The average Bonchev–Trinajstić information content (AvgIpc) is 2.18. The summed E-state index contributed by atoms with van der Waals surface area (Å²) < 4.78 is 26.7. The molecule has 6 heteroatoms. The van der Waals surface area contributed by atoms with Crippen LogP contribution in [0, 0.1) is 18.6 Å². The summed E-state index contributed by atoms with van der Waals surface area (Å²) in [5.41, 5.74) is -1.35. The standard InChI is InChI=1S/C9H5BF2N2O/c1-3-9(15)14-7-5(11)2-4(10)6(12)8(7)13-3/h2H,1H3,(H,14,15). The topological polar surface area (TPSA) is 45.8 Å². The van der Waals surface area contributed by atoms with Crippen LogP contribution in [0.4, 0.5) is 8.78 Å². The summed E-state index contributed by atoms with van der Waals surface area (Å²) in [6.45, 7) is 1.40. The van der Waals surface area contributed by atoms with E-state index in [9.17, 15) is 13.6 Å². The van der Waals surface area contributed by atoms with Crippen LogP contribution in [0.25, 0.3) is 11.0 Å². The van der Waals surface area contributed by atoms with E-state index in [-0.39, 0.29) is 22.2 Å². The number of hydrogen-bond donors (Lipinski definition) is 1. The van der Waals surface area contributed by atoms with Crippen LogP contribution in [-0.2, 0) is 0 Å². The summed E-state index contributed by atoms with van der Waals surface area (Å²) >= 11 is 0. The second-order valence-corrected chi connectivity index (χ2v) is 3.14. The van der Waals surface area contributed by atoms with Crippen LogP contribution >= 0.6 is 0 Å². The van der Waals surface area contributed by atoms with Gasteiger partial charge in [0.25, 0.3) is 5.56 Å².